The molecule has 0 radical (unpaired) electrons. The molecule has 1 saturated carbocycles. The molecule has 34 heavy (non-hydrogen) atoms. The van der Waals surface area contributed by atoms with E-state index in [1.807, 2.05) is 0 Å². The molecule has 1 aliphatic carbocycles. The van der Waals surface area contributed by atoms with Gasteiger partial charge >= 0.3 is 0 Å². The van der Waals surface area contributed by atoms with Gasteiger partial charge in [0.05, 0.1) is 13.2 Å². The van der Waals surface area contributed by atoms with E-state index in [2.05, 4.69) is 49.5 Å². The van der Waals surface area contributed by atoms with Crippen molar-refractivity contribution in [1.82, 2.24) is 15.6 Å². The summed E-state index contributed by atoms with van der Waals surface area (Å²) in [7, 11) is -0.259. The molecule has 2 N–H and O–H groups in total. The van der Waals surface area contributed by atoms with Crippen molar-refractivity contribution in [2.24, 2.45) is 5.92 Å². The number of rotatable bonds is 9. The summed E-state index contributed by atoms with van der Waals surface area (Å²) in [6, 6.07) is 1.16. The summed E-state index contributed by atoms with van der Waals surface area (Å²) in [6.45, 7) is 13.1. The van der Waals surface area contributed by atoms with Crippen molar-refractivity contribution in [2.45, 2.75) is 96.1 Å². The Morgan fingerprint density at radius 1 is 1.21 bits per heavy atom. The Balaban J connectivity index is 1.51. The van der Waals surface area contributed by atoms with Crippen molar-refractivity contribution < 1.29 is 23.1 Å². The number of ether oxygens (including phenoxy) is 2. The average Bonchev–Trinajstić information content (AvgIpc) is 3.33. The van der Waals surface area contributed by atoms with Crippen LogP contribution < -0.4 is 20.1 Å². The average molecular weight is 496 g/mol. The van der Waals surface area contributed by atoms with Crippen molar-refractivity contribution >= 4 is 14.2 Å². The van der Waals surface area contributed by atoms with E-state index in [4.69, 9.17) is 13.9 Å². The lowest BCUT2D eigenvalue weighted by Gasteiger charge is -2.38. The van der Waals surface area contributed by atoms with Crippen LogP contribution in [-0.2, 0) is 15.8 Å². The number of carbonyl (C=O) groups excluding carboxylic acids is 1. The number of halogens is 1. The van der Waals surface area contributed by atoms with Gasteiger partial charge in [0.25, 0.3) is 5.88 Å². The quantitative estimate of drug-likeness (QED) is 0.489. The highest BCUT2D eigenvalue weighted by molar-refractivity contribution is 6.74. The van der Waals surface area contributed by atoms with Crippen LogP contribution in [-0.4, -0.2) is 51.6 Å². The highest BCUT2D eigenvalue weighted by Crippen LogP contribution is 2.38. The molecule has 0 spiro atoms. The number of hydrogen-bond acceptors (Lipinski definition) is 6. The van der Waals surface area contributed by atoms with Crippen LogP contribution in [0.2, 0.25) is 18.1 Å². The Labute approximate surface area is 204 Å². The highest BCUT2D eigenvalue weighted by Gasteiger charge is 2.38. The summed E-state index contributed by atoms with van der Waals surface area (Å²) in [5, 5.41) is 6.20. The normalized spacial score (nSPS) is 23.6. The molecule has 192 valence electrons. The van der Waals surface area contributed by atoms with E-state index in [1.54, 1.807) is 0 Å². The van der Waals surface area contributed by atoms with Crippen LogP contribution in [0.25, 0.3) is 0 Å². The Morgan fingerprint density at radius 2 is 1.91 bits per heavy atom. The number of aromatic nitrogens is 1. The third kappa shape index (κ3) is 6.92. The van der Waals surface area contributed by atoms with Crippen LogP contribution >= 0.6 is 0 Å². The van der Waals surface area contributed by atoms with Gasteiger partial charge in [-0.2, -0.15) is 4.98 Å². The van der Waals surface area contributed by atoms with Crippen molar-refractivity contribution in [3.63, 3.8) is 0 Å². The molecule has 0 bridgehead atoms. The minimum atomic E-state index is -1.75. The Kier molecular flexibility index (Phi) is 8.97. The van der Waals surface area contributed by atoms with Gasteiger partial charge in [0.15, 0.2) is 14.1 Å². The van der Waals surface area contributed by atoms with E-state index in [0.29, 0.717) is 11.5 Å². The van der Waals surface area contributed by atoms with Gasteiger partial charge in [0.1, 0.15) is 6.10 Å². The summed E-state index contributed by atoms with van der Waals surface area (Å²) in [5.41, 5.74) is 0.491. The van der Waals surface area contributed by atoms with Gasteiger partial charge in [0.2, 0.25) is 11.8 Å². The van der Waals surface area contributed by atoms with Crippen LogP contribution in [0.5, 0.6) is 11.8 Å². The Morgan fingerprint density at radius 3 is 2.50 bits per heavy atom. The smallest absolute Gasteiger partial charge is 0.254 e. The lowest BCUT2D eigenvalue weighted by Crippen LogP contribution is -2.42. The van der Waals surface area contributed by atoms with Crippen molar-refractivity contribution in [2.75, 3.05) is 20.3 Å². The second-order valence-electron chi connectivity index (χ2n) is 11.1. The largest absolute Gasteiger partial charge is 0.481 e. The predicted octanol–water partition coefficient (Wildman–Crippen LogP) is 4.56. The molecule has 2 heterocycles. The topological polar surface area (TPSA) is 81.7 Å². The van der Waals surface area contributed by atoms with Gasteiger partial charge in [0, 0.05) is 18.7 Å². The highest BCUT2D eigenvalue weighted by atomic mass is 28.4. The number of hydrogen-bond donors (Lipinski definition) is 2. The zero-order chi connectivity index (χ0) is 24.9. The Bertz CT molecular complexity index is 832. The van der Waals surface area contributed by atoms with E-state index in [9.17, 15) is 9.18 Å². The van der Waals surface area contributed by atoms with Crippen LogP contribution in [0.4, 0.5) is 4.39 Å². The summed E-state index contributed by atoms with van der Waals surface area (Å²) < 4.78 is 32.5. The van der Waals surface area contributed by atoms with Gasteiger partial charge in [-0.05, 0) is 75.2 Å². The Hall–Kier alpha value is -1.71. The summed E-state index contributed by atoms with van der Waals surface area (Å²) in [5.74, 6) is 0.126. The van der Waals surface area contributed by atoms with E-state index < -0.39 is 14.1 Å². The monoisotopic (exact) mass is 495 g/mol. The molecule has 3 rings (SSSR count). The SMILES string of the molecule is COc1nc(OC2CCC(CO[Si](C)(C)C(C)(C)C)CC2)c(F)cc1CNC(=O)C1CCCN1. The maximum Gasteiger partial charge on any atom is 0.254 e. The predicted molar refractivity (Wildman–Crippen MR) is 133 cm³/mol. The molecule has 1 atom stereocenters. The summed E-state index contributed by atoms with van der Waals surface area (Å²) in [4.78, 5) is 16.5. The lowest BCUT2D eigenvalue weighted by atomic mass is 9.88. The minimum Gasteiger partial charge on any atom is -0.481 e. The van der Waals surface area contributed by atoms with Gasteiger partial charge in [-0.15, -0.1) is 0 Å². The third-order valence-electron chi connectivity index (χ3n) is 7.56. The molecular weight excluding hydrogens is 453 g/mol. The number of pyridine rings is 1. The fourth-order valence-corrected chi connectivity index (χ4v) is 5.30. The fraction of sp³-hybridized carbons (Fsp3) is 0.760. The van der Waals surface area contributed by atoms with Crippen LogP contribution in [0.3, 0.4) is 0 Å². The number of nitrogens with zero attached hydrogens (tertiary/aromatic N) is 1. The van der Waals surface area contributed by atoms with Crippen LogP contribution in [0.1, 0.15) is 64.9 Å². The van der Waals surface area contributed by atoms with Gasteiger partial charge in [-0.1, -0.05) is 20.8 Å². The molecule has 1 aromatic heterocycles. The number of methoxy groups -OCH3 is 1. The molecule has 2 fully saturated rings. The van der Waals surface area contributed by atoms with Crippen LogP contribution in [0, 0.1) is 11.7 Å². The second-order valence-corrected chi connectivity index (χ2v) is 16.0. The molecule has 1 saturated heterocycles. The first-order chi connectivity index (χ1) is 16.0. The first kappa shape index (κ1) is 26.9. The van der Waals surface area contributed by atoms with E-state index >= 15 is 0 Å². The van der Waals surface area contributed by atoms with Crippen molar-refractivity contribution in [3.8, 4) is 11.8 Å². The minimum absolute atomic E-state index is 0.0367. The first-order valence-corrected chi connectivity index (χ1v) is 15.5. The standard InChI is InChI=1S/C25H42FN3O4Si/c1-25(2,3)34(5,6)32-16-17-9-11-19(12-10-17)33-24-20(26)14-18(23(29-24)31-4)15-28-22(30)21-8-7-13-27-21/h14,17,19,21,27H,7-13,15-16H2,1-6H3,(H,28,30). The van der Waals surface area contributed by atoms with Gasteiger partial charge in [-0.3, -0.25) is 4.79 Å². The van der Waals surface area contributed by atoms with E-state index in [-0.39, 0.29) is 41.4 Å². The molecule has 1 aliphatic heterocycles. The van der Waals surface area contributed by atoms with E-state index in [1.165, 1.54) is 13.2 Å². The number of nitrogens with one attached hydrogen (secondary N) is 2. The first-order valence-electron chi connectivity index (χ1n) is 12.6. The zero-order valence-corrected chi connectivity index (χ0v) is 22.6. The molecule has 7 nitrogen and oxygen atoms in total. The zero-order valence-electron chi connectivity index (χ0n) is 21.6. The number of carbonyl (C=O) groups is 1. The summed E-state index contributed by atoms with van der Waals surface area (Å²) >= 11 is 0. The molecule has 9 heteroatoms. The number of amides is 1. The molecule has 1 aromatic rings. The maximum atomic E-state index is 14.8. The van der Waals surface area contributed by atoms with E-state index in [0.717, 1.165) is 51.7 Å². The van der Waals surface area contributed by atoms with Gasteiger partial charge in [-0.25, -0.2) is 4.39 Å². The van der Waals surface area contributed by atoms with Crippen molar-refractivity contribution in [1.29, 1.82) is 0 Å². The summed E-state index contributed by atoms with van der Waals surface area (Å²) in [6.07, 6.45) is 5.41. The molecular formula is C25H42FN3O4Si. The molecule has 0 aromatic carbocycles. The second kappa shape index (κ2) is 11.3. The molecule has 1 unspecified atom stereocenters. The molecule has 1 amide bonds. The lowest BCUT2D eigenvalue weighted by molar-refractivity contribution is -0.122. The van der Waals surface area contributed by atoms with Crippen LogP contribution in [0.15, 0.2) is 6.07 Å². The molecule has 2 aliphatic rings. The fourth-order valence-electron chi connectivity index (χ4n) is 4.21. The van der Waals surface area contributed by atoms with Crippen molar-refractivity contribution in [3.05, 3.63) is 17.4 Å². The third-order valence-corrected chi connectivity index (χ3v) is 12.1. The van der Waals surface area contributed by atoms with Gasteiger partial charge < -0.3 is 24.5 Å². The maximum absolute atomic E-state index is 14.8.